The Morgan fingerprint density at radius 2 is 1.85 bits per heavy atom. The van der Waals surface area contributed by atoms with Crippen molar-refractivity contribution in [1.82, 2.24) is 24.7 Å². The highest BCUT2D eigenvalue weighted by molar-refractivity contribution is 7.88. The highest BCUT2D eigenvalue weighted by atomic mass is 35.5. The summed E-state index contributed by atoms with van der Waals surface area (Å²) in [7, 11) is -3.18. The summed E-state index contributed by atoms with van der Waals surface area (Å²) in [6, 6.07) is 3.52. The molecule has 0 saturated carbocycles. The number of amides is 2. The fourth-order valence-corrected chi connectivity index (χ4v) is 6.42. The number of carbonyl (C=O) groups excluding carboxylic acids is 1. The number of urea groups is 1. The minimum atomic E-state index is -3.18. The van der Waals surface area contributed by atoms with Crippen LogP contribution in [0.1, 0.15) is 51.2 Å². The molecular formula is C23H34ClN5O4S. The minimum absolute atomic E-state index is 0.0128. The summed E-state index contributed by atoms with van der Waals surface area (Å²) >= 11 is 6.29. The highest BCUT2D eigenvalue weighted by Gasteiger charge is 2.40. The molecule has 11 heteroatoms. The van der Waals surface area contributed by atoms with Crippen molar-refractivity contribution in [2.24, 2.45) is 11.3 Å². The summed E-state index contributed by atoms with van der Waals surface area (Å²) in [5, 5.41) is 22.9. The van der Waals surface area contributed by atoms with Crippen molar-refractivity contribution in [3.8, 4) is 0 Å². The number of aromatic amines is 1. The molecule has 0 spiro atoms. The van der Waals surface area contributed by atoms with Gasteiger partial charge in [0, 0.05) is 48.2 Å². The lowest BCUT2D eigenvalue weighted by molar-refractivity contribution is -0.0144. The van der Waals surface area contributed by atoms with Crippen LogP contribution in [0.5, 0.6) is 0 Å². The van der Waals surface area contributed by atoms with Crippen molar-refractivity contribution in [2.75, 3.05) is 32.4 Å². The molecule has 0 radical (unpaired) electrons. The van der Waals surface area contributed by atoms with Crippen LogP contribution >= 0.6 is 11.6 Å². The van der Waals surface area contributed by atoms with E-state index in [4.69, 9.17) is 11.6 Å². The number of aliphatic hydroxyl groups excluding tert-OH is 1. The SMILES string of the molecule is CC(C)(C1CCN(C(=O)NC2CCN(S(C)(=O)=O)CC2)CC1)C(O)c1cc(Cl)cc2cn[nH]c12. The Balaban J connectivity index is 1.34. The zero-order valence-electron chi connectivity index (χ0n) is 19.9. The van der Waals surface area contributed by atoms with Crippen LogP contribution < -0.4 is 5.32 Å². The second kappa shape index (κ2) is 9.64. The number of sulfonamides is 1. The average molecular weight is 512 g/mol. The standard InChI is InChI=1S/C23H34ClN5O4S/c1-23(2,21(30)19-13-17(24)12-15-14-25-27-20(15)19)16-4-8-28(9-5-16)22(31)26-18-6-10-29(11-7-18)34(3,32)33/h12-14,16,18,21,30H,4-11H2,1-3H3,(H,25,27)(H,26,31). The Morgan fingerprint density at radius 3 is 2.47 bits per heavy atom. The van der Waals surface area contributed by atoms with Gasteiger partial charge in [0.05, 0.1) is 24.1 Å². The number of nitrogens with zero attached hydrogens (tertiary/aromatic N) is 3. The van der Waals surface area contributed by atoms with Crippen LogP contribution in [-0.4, -0.2) is 77.4 Å². The first-order valence-electron chi connectivity index (χ1n) is 11.8. The number of benzene rings is 1. The second-order valence-electron chi connectivity index (χ2n) is 10.2. The molecule has 188 valence electrons. The normalized spacial score (nSPS) is 20.6. The number of hydrogen-bond donors (Lipinski definition) is 3. The molecule has 1 atom stereocenters. The van der Waals surface area contributed by atoms with Gasteiger partial charge in [-0.2, -0.15) is 5.10 Å². The molecule has 2 amide bonds. The van der Waals surface area contributed by atoms with Gasteiger partial charge in [-0.3, -0.25) is 5.10 Å². The largest absolute Gasteiger partial charge is 0.388 e. The maximum absolute atomic E-state index is 12.8. The number of aliphatic hydroxyl groups is 1. The van der Waals surface area contributed by atoms with E-state index in [1.165, 1.54) is 10.6 Å². The second-order valence-corrected chi connectivity index (χ2v) is 12.6. The summed E-state index contributed by atoms with van der Waals surface area (Å²) in [6.45, 7) is 6.23. The van der Waals surface area contributed by atoms with Crippen molar-refractivity contribution < 1.29 is 18.3 Å². The number of fused-ring (bicyclic) bond motifs is 1. The third-order valence-corrected chi connectivity index (χ3v) is 9.15. The lowest BCUT2D eigenvalue weighted by Crippen LogP contribution is -2.52. The van der Waals surface area contributed by atoms with Gasteiger partial charge in [-0.25, -0.2) is 17.5 Å². The highest BCUT2D eigenvalue weighted by Crippen LogP contribution is 2.46. The molecule has 1 aromatic heterocycles. The van der Waals surface area contributed by atoms with Gasteiger partial charge in [0.25, 0.3) is 0 Å². The molecule has 34 heavy (non-hydrogen) atoms. The Kier molecular flexibility index (Phi) is 7.15. The predicted octanol–water partition coefficient (Wildman–Crippen LogP) is 3.12. The fourth-order valence-electron chi connectivity index (χ4n) is 5.31. The maximum atomic E-state index is 12.8. The summed E-state index contributed by atoms with van der Waals surface area (Å²) in [4.78, 5) is 14.6. The van der Waals surface area contributed by atoms with E-state index in [-0.39, 0.29) is 18.0 Å². The first kappa shape index (κ1) is 25.2. The monoisotopic (exact) mass is 511 g/mol. The van der Waals surface area contributed by atoms with Gasteiger partial charge >= 0.3 is 6.03 Å². The molecule has 9 nitrogen and oxygen atoms in total. The molecule has 4 rings (SSSR count). The number of hydrogen-bond acceptors (Lipinski definition) is 5. The molecule has 0 bridgehead atoms. The molecule has 3 N–H and O–H groups in total. The summed E-state index contributed by atoms with van der Waals surface area (Å²) in [6.07, 6.45) is 5.00. The Labute approximate surface area is 205 Å². The van der Waals surface area contributed by atoms with Gasteiger partial charge < -0.3 is 15.3 Å². The Bertz CT molecular complexity index is 1140. The Morgan fingerprint density at radius 1 is 1.21 bits per heavy atom. The molecule has 2 aliphatic heterocycles. The fraction of sp³-hybridized carbons (Fsp3) is 0.652. The summed E-state index contributed by atoms with van der Waals surface area (Å²) < 4.78 is 24.8. The van der Waals surface area contributed by atoms with Crippen molar-refractivity contribution in [3.05, 3.63) is 28.9 Å². The number of halogens is 1. The molecule has 0 aliphatic carbocycles. The van der Waals surface area contributed by atoms with E-state index >= 15 is 0 Å². The van der Waals surface area contributed by atoms with Gasteiger partial charge in [-0.05, 0) is 49.1 Å². The van der Waals surface area contributed by atoms with Crippen LogP contribution in [0.2, 0.25) is 5.02 Å². The number of carbonyl (C=O) groups is 1. The number of piperidine rings is 2. The molecule has 2 fully saturated rings. The van der Waals surface area contributed by atoms with Crippen LogP contribution in [0.3, 0.4) is 0 Å². The van der Waals surface area contributed by atoms with Gasteiger partial charge in [0.2, 0.25) is 10.0 Å². The Hall–Kier alpha value is -1.88. The van der Waals surface area contributed by atoms with Crippen molar-refractivity contribution >= 4 is 38.6 Å². The molecule has 2 saturated heterocycles. The molecule has 1 unspecified atom stereocenters. The van der Waals surface area contributed by atoms with Gasteiger partial charge in [0.15, 0.2) is 0 Å². The minimum Gasteiger partial charge on any atom is -0.388 e. The first-order valence-corrected chi connectivity index (χ1v) is 14.0. The molecule has 3 heterocycles. The van der Waals surface area contributed by atoms with Gasteiger partial charge in [0.1, 0.15) is 0 Å². The van der Waals surface area contributed by atoms with E-state index in [1.807, 2.05) is 11.0 Å². The number of nitrogens with one attached hydrogen (secondary N) is 2. The average Bonchev–Trinajstić information content (AvgIpc) is 3.26. The zero-order chi connectivity index (χ0) is 24.7. The molecule has 2 aliphatic rings. The lowest BCUT2D eigenvalue weighted by Gasteiger charge is -2.43. The summed E-state index contributed by atoms with van der Waals surface area (Å²) in [5.74, 6) is 0.224. The molecule has 1 aromatic carbocycles. The quantitative estimate of drug-likeness (QED) is 0.570. The van der Waals surface area contributed by atoms with E-state index in [2.05, 4.69) is 29.4 Å². The number of likely N-dealkylation sites (tertiary alicyclic amines) is 1. The third kappa shape index (κ3) is 5.19. The maximum Gasteiger partial charge on any atom is 0.317 e. The van der Waals surface area contributed by atoms with Gasteiger partial charge in [-0.1, -0.05) is 25.4 Å². The van der Waals surface area contributed by atoms with E-state index in [0.29, 0.717) is 44.0 Å². The number of H-pyrrole nitrogens is 1. The third-order valence-electron chi connectivity index (χ3n) is 7.63. The summed E-state index contributed by atoms with van der Waals surface area (Å²) in [5.41, 5.74) is 1.11. The van der Waals surface area contributed by atoms with Crippen LogP contribution in [0.25, 0.3) is 10.9 Å². The van der Waals surface area contributed by atoms with E-state index in [0.717, 1.165) is 29.3 Å². The van der Waals surface area contributed by atoms with Crippen LogP contribution in [0.15, 0.2) is 18.3 Å². The van der Waals surface area contributed by atoms with Crippen LogP contribution in [0, 0.1) is 11.3 Å². The van der Waals surface area contributed by atoms with Crippen LogP contribution in [0.4, 0.5) is 4.79 Å². The first-order chi connectivity index (χ1) is 16.0. The van der Waals surface area contributed by atoms with E-state index in [9.17, 15) is 18.3 Å². The van der Waals surface area contributed by atoms with Crippen molar-refractivity contribution in [3.63, 3.8) is 0 Å². The zero-order valence-corrected chi connectivity index (χ0v) is 21.5. The van der Waals surface area contributed by atoms with Gasteiger partial charge in [-0.15, -0.1) is 0 Å². The predicted molar refractivity (Wildman–Crippen MR) is 132 cm³/mol. The molecular weight excluding hydrogens is 478 g/mol. The van der Waals surface area contributed by atoms with E-state index < -0.39 is 21.5 Å². The van der Waals surface area contributed by atoms with Crippen LogP contribution in [-0.2, 0) is 10.0 Å². The van der Waals surface area contributed by atoms with Crippen molar-refractivity contribution in [1.29, 1.82) is 0 Å². The number of aromatic nitrogens is 2. The molecule has 2 aromatic rings. The smallest absolute Gasteiger partial charge is 0.317 e. The lowest BCUT2D eigenvalue weighted by atomic mass is 9.68. The number of rotatable bonds is 5. The van der Waals surface area contributed by atoms with Crippen molar-refractivity contribution in [2.45, 2.75) is 51.7 Å². The van der Waals surface area contributed by atoms with E-state index in [1.54, 1.807) is 12.3 Å². The topological polar surface area (TPSA) is 119 Å².